The largest absolute Gasteiger partial charge is 0.456 e. The van der Waals surface area contributed by atoms with Gasteiger partial charge in [-0.3, -0.25) is 0 Å². The van der Waals surface area contributed by atoms with E-state index < -0.39 is 0 Å². The summed E-state index contributed by atoms with van der Waals surface area (Å²) in [4.78, 5) is 2.44. The van der Waals surface area contributed by atoms with E-state index in [2.05, 4.69) is 219 Å². The van der Waals surface area contributed by atoms with E-state index in [1.54, 1.807) is 0 Å². The van der Waals surface area contributed by atoms with E-state index in [0.717, 1.165) is 39.0 Å². The van der Waals surface area contributed by atoms with Crippen LogP contribution >= 0.6 is 0 Å². The van der Waals surface area contributed by atoms with E-state index in [1.807, 2.05) is 0 Å². The van der Waals surface area contributed by atoms with Crippen molar-refractivity contribution in [1.82, 2.24) is 0 Å². The molecule has 11 aromatic rings. The smallest absolute Gasteiger partial charge is 0.137 e. The van der Waals surface area contributed by atoms with E-state index in [0.29, 0.717) is 0 Å². The summed E-state index contributed by atoms with van der Waals surface area (Å²) in [6.45, 7) is 4.71. The van der Waals surface area contributed by atoms with Gasteiger partial charge < -0.3 is 9.32 Å². The van der Waals surface area contributed by atoms with Gasteiger partial charge in [0.1, 0.15) is 11.2 Å². The molecule has 1 aromatic heterocycles. The van der Waals surface area contributed by atoms with E-state index in [1.165, 1.54) is 76.8 Å². The highest BCUT2D eigenvalue weighted by atomic mass is 16.3. The first kappa shape index (κ1) is 33.7. The molecule has 0 spiro atoms. The lowest BCUT2D eigenvalue weighted by Crippen LogP contribution is -2.16. The molecule has 0 aliphatic heterocycles. The maximum atomic E-state index is 6.86. The molecule has 0 N–H and O–H groups in total. The van der Waals surface area contributed by atoms with Gasteiger partial charge in [0.15, 0.2) is 0 Å². The summed E-state index contributed by atoms with van der Waals surface area (Å²) in [5, 5.41) is 9.67. The van der Waals surface area contributed by atoms with E-state index in [9.17, 15) is 0 Å². The molecular weight excluding hydrogens is 715 g/mol. The summed E-state index contributed by atoms with van der Waals surface area (Å²) in [5.74, 6) is 0. The van der Waals surface area contributed by atoms with Crippen molar-refractivity contribution in [2.45, 2.75) is 19.3 Å². The van der Waals surface area contributed by atoms with Crippen LogP contribution in [0.3, 0.4) is 0 Å². The molecule has 0 unspecified atom stereocenters. The number of hydrogen-bond donors (Lipinski definition) is 0. The molecule has 10 aromatic carbocycles. The van der Waals surface area contributed by atoms with Gasteiger partial charge in [-0.05, 0) is 125 Å². The van der Waals surface area contributed by atoms with Crippen molar-refractivity contribution >= 4 is 71.3 Å². The van der Waals surface area contributed by atoms with Crippen molar-refractivity contribution in [3.05, 3.63) is 211 Å². The molecule has 1 aliphatic rings. The average molecular weight is 754 g/mol. The van der Waals surface area contributed by atoms with Crippen LogP contribution < -0.4 is 4.90 Å². The highest BCUT2D eigenvalue weighted by Crippen LogP contribution is 2.52. The van der Waals surface area contributed by atoms with Gasteiger partial charge in [0, 0.05) is 22.2 Å². The molecule has 0 saturated heterocycles. The Labute approximate surface area is 343 Å². The van der Waals surface area contributed by atoms with Crippen LogP contribution in [0.2, 0.25) is 0 Å². The van der Waals surface area contributed by atoms with Crippen LogP contribution in [0.1, 0.15) is 25.0 Å². The van der Waals surface area contributed by atoms with Gasteiger partial charge in [-0.1, -0.05) is 166 Å². The van der Waals surface area contributed by atoms with Crippen molar-refractivity contribution < 1.29 is 4.42 Å². The van der Waals surface area contributed by atoms with Gasteiger partial charge in [0.05, 0.1) is 11.1 Å². The van der Waals surface area contributed by atoms with Crippen LogP contribution in [0, 0.1) is 0 Å². The van der Waals surface area contributed by atoms with Crippen molar-refractivity contribution in [2.24, 2.45) is 0 Å². The Kier molecular flexibility index (Phi) is 7.31. The zero-order valence-electron chi connectivity index (χ0n) is 32.9. The van der Waals surface area contributed by atoms with Gasteiger partial charge in [0.2, 0.25) is 0 Å². The molecule has 2 heteroatoms. The average Bonchev–Trinajstić information content (AvgIpc) is 3.79. The Hall–Kier alpha value is -7.42. The van der Waals surface area contributed by atoms with Crippen LogP contribution in [0.4, 0.5) is 17.1 Å². The Morgan fingerprint density at radius 1 is 0.373 bits per heavy atom. The van der Waals surface area contributed by atoms with Gasteiger partial charge in [0.25, 0.3) is 0 Å². The molecule has 2 nitrogen and oxygen atoms in total. The minimum absolute atomic E-state index is 0.146. The predicted octanol–water partition coefficient (Wildman–Crippen LogP) is 16.2. The Morgan fingerprint density at radius 2 is 0.983 bits per heavy atom. The van der Waals surface area contributed by atoms with Crippen molar-refractivity contribution in [2.75, 3.05) is 4.90 Å². The lowest BCUT2D eigenvalue weighted by molar-refractivity contribution is 0.660. The second-order valence-electron chi connectivity index (χ2n) is 16.4. The zero-order valence-corrected chi connectivity index (χ0v) is 32.9. The summed E-state index contributed by atoms with van der Waals surface area (Å²) in [6.07, 6.45) is 0. The van der Waals surface area contributed by atoms with Gasteiger partial charge >= 0.3 is 0 Å². The second kappa shape index (κ2) is 12.8. The fraction of sp³-hybridized carbons (Fsp3) is 0.0526. The maximum Gasteiger partial charge on any atom is 0.137 e. The minimum Gasteiger partial charge on any atom is -0.456 e. The number of rotatable bonds is 5. The number of anilines is 3. The van der Waals surface area contributed by atoms with E-state index in [4.69, 9.17) is 4.42 Å². The van der Waals surface area contributed by atoms with Crippen molar-refractivity contribution in [3.8, 4) is 33.4 Å². The van der Waals surface area contributed by atoms with Crippen LogP contribution in [0.5, 0.6) is 0 Å². The van der Waals surface area contributed by atoms with Gasteiger partial charge in [-0.15, -0.1) is 0 Å². The van der Waals surface area contributed by atoms with Crippen molar-refractivity contribution in [1.29, 1.82) is 0 Å². The van der Waals surface area contributed by atoms with Gasteiger partial charge in [-0.2, -0.15) is 0 Å². The van der Waals surface area contributed by atoms with E-state index >= 15 is 0 Å². The summed E-state index contributed by atoms with van der Waals surface area (Å²) in [6, 6.07) is 73.1. The maximum absolute atomic E-state index is 6.86. The third kappa shape index (κ3) is 5.06. The molecule has 12 rings (SSSR count). The number of nitrogens with zero attached hydrogens (tertiary/aromatic N) is 1. The number of benzene rings is 10. The highest BCUT2D eigenvalue weighted by molar-refractivity contribution is 6.25. The molecule has 0 fully saturated rings. The standard InChI is InChI=1S/C57H39NO/c1-57(2)50-24-13-12-22-45(50)46-32-31-40(34-51(46)57)58(39-29-27-37(28-30-39)48-33-38-17-6-7-18-41(38)42-19-8-9-20-43(42)48)52-25-14-26-53-56(52)55-47-23-11-10-21-44(47)49(35-54(55)59-53)36-15-4-3-5-16-36/h3-35H,1-2H3. The fourth-order valence-corrected chi connectivity index (χ4v) is 10.0. The topological polar surface area (TPSA) is 16.4 Å². The SMILES string of the molecule is CC1(C)c2ccccc2-c2ccc(N(c3ccc(-c4cc5ccccc5c5ccccc45)cc3)c3cccc4oc5cc(-c6ccccc6)c6ccccc6c5c34)cc21. The first-order chi connectivity index (χ1) is 29.0. The minimum atomic E-state index is -0.146. The number of fused-ring (bicyclic) bond motifs is 11. The first-order valence-corrected chi connectivity index (χ1v) is 20.5. The van der Waals surface area contributed by atoms with E-state index in [-0.39, 0.29) is 5.41 Å². The fourth-order valence-electron chi connectivity index (χ4n) is 10.0. The molecule has 59 heavy (non-hydrogen) atoms. The van der Waals surface area contributed by atoms with Crippen LogP contribution in [0.15, 0.2) is 205 Å². The molecule has 0 saturated carbocycles. The molecule has 0 amide bonds. The van der Waals surface area contributed by atoms with Crippen LogP contribution in [0.25, 0.3) is 87.6 Å². The molecule has 0 radical (unpaired) electrons. The number of furan rings is 1. The van der Waals surface area contributed by atoms with Crippen LogP contribution in [-0.2, 0) is 5.41 Å². The lowest BCUT2D eigenvalue weighted by atomic mass is 9.82. The predicted molar refractivity (Wildman–Crippen MR) is 249 cm³/mol. The summed E-state index contributed by atoms with van der Waals surface area (Å²) >= 11 is 0. The molecule has 0 bridgehead atoms. The Balaban J connectivity index is 1.10. The summed E-state index contributed by atoms with van der Waals surface area (Å²) in [7, 11) is 0. The third-order valence-corrected chi connectivity index (χ3v) is 12.8. The Bertz CT molecular complexity index is 3460. The van der Waals surface area contributed by atoms with Gasteiger partial charge in [-0.25, -0.2) is 0 Å². The summed E-state index contributed by atoms with van der Waals surface area (Å²) in [5.41, 5.74) is 15.0. The first-order valence-electron chi connectivity index (χ1n) is 20.5. The highest BCUT2D eigenvalue weighted by Gasteiger charge is 2.36. The lowest BCUT2D eigenvalue weighted by Gasteiger charge is -2.29. The Morgan fingerprint density at radius 3 is 1.80 bits per heavy atom. The second-order valence-corrected chi connectivity index (χ2v) is 16.4. The molecule has 1 heterocycles. The zero-order chi connectivity index (χ0) is 39.2. The molecular formula is C57H39NO. The third-order valence-electron chi connectivity index (χ3n) is 12.8. The molecule has 1 aliphatic carbocycles. The molecule has 0 atom stereocenters. The van der Waals surface area contributed by atoms with Crippen molar-refractivity contribution in [3.63, 3.8) is 0 Å². The number of hydrogen-bond acceptors (Lipinski definition) is 2. The molecule has 278 valence electrons. The van der Waals surface area contributed by atoms with Crippen LogP contribution in [-0.4, -0.2) is 0 Å². The monoisotopic (exact) mass is 753 g/mol. The summed E-state index contributed by atoms with van der Waals surface area (Å²) < 4.78 is 6.86. The quantitative estimate of drug-likeness (QED) is 0.163. The normalized spacial score (nSPS) is 13.1.